The topological polar surface area (TPSA) is 32.3 Å². The molecule has 1 heterocycles. The highest BCUT2D eigenvalue weighted by Crippen LogP contribution is 2.20. The van der Waals surface area contributed by atoms with Crippen molar-refractivity contribution in [3.8, 4) is 0 Å². The molecule has 2 rings (SSSR count). The Balaban J connectivity index is 1.86. The van der Waals surface area contributed by atoms with E-state index in [1.54, 1.807) is 11.3 Å². The van der Waals surface area contributed by atoms with Crippen LogP contribution in [0.25, 0.3) is 0 Å². The van der Waals surface area contributed by atoms with Gasteiger partial charge in [0.1, 0.15) is 0 Å². The zero-order chi connectivity index (χ0) is 12.8. The van der Waals surface area contributed by atoms with E-state index in [1.165, 1.54) is 11.1 Å². The maximum Gasteiger partial charge on any atom is 0.0701 e. The third-order valence-corrected chi connectivity index (χ3v) is 4.32. The average molecular weight is 326 g/mol. The van der Waals surface area contributed by atoms with Crippen LogP contribution in [-0.4, -0.2) is 17.8 Å². The van der Waals surface area contributed by atoms with Crippen LogP contribution in [0.5, 0.6) is 0 Å². The van der Waals surface area contributed by atoms with Crippen molar-refractivity contribution in [3.05, 3.63) is 56.7 Å². The molecule has 0 aliphatic heterocycles. The van der Waals surface area contributed by atoms with Crippen molar-refractivity contribution in [1.82, 2.24) is 5.32 Å². The van der Waals surface area contributed by atoms with E-state index in [1.807, 2.05) is 18.2 Å². The summed E-state index contributed by atoms with van der Waals surface area (Å²) >= 11 is 5.13. The van der Waals surface area contributed by atoms with E-state index in [-0.39, 0.29) is 12.6 Å². The van der Waals surface area contributed by atoms with Crippen molar-refractivity contribution >= 4 is 27.3 Å². The van der Waals surface area contributed by atoms with Gasteiger partial charge in [-0.15, -0.1) is 11.3 Å². The monoisotopic (exact) mass is 325 g/mol. The summed E-state index contributed by atoms with van der Waals surface area (Å²) in [6, 6.07) is 12.4. The fourth-order valence-electron chi connectivity index (χ4n) is 1.80. The quantitative estimate of drug-likeness (QED) is 0.854. The van der Waals surface area contributed by atoms with Crippen LogP contribution in [0.4, 0.5) is 0 Å². The van der Waals surface area contributed by atoms with Gasteiger partial charge in [0.15, 0.2) is 0 Å². The molecule has 1 aromatic carbocycles. The zero-order valence-electron chi connectivity index (χ0n) is 9.97. The van der Waals surface area contributed by atoms with Gasteiger partial charge in [-0.3, -0.25) is 0 Å². The second-order valence-electron chi connectivity index (χ2n) is 4.21. The van der Waals surface area contributed by atoms with Gasteiger partial charge in [-0.05, 0) is 44.9 Å². The number of halogens is 1. The van der Waals surface area contributed by atoms with Gasteiger partial charge in [0.05, 0.1) is 10.4 Å². The third kappa shape index (κ3) is 4.21. The zero-order valence-corrected chi connectivity index (χ0v) is 12.4. The number of thiophene rings is 1. The summed E-state index contributed by atoms with van der Waals surface area (Å²) in [5.74, 6) is 0. The second-order valence-corrected chi connectivity index (χ2v) is 6.50. The van der Waals surface area contributed by atoms with E-state index >= 15 is 0 Å². The van der Waals surface area contributed by atoms with Gasteiger partial charge in [0, 0.05) is 12.6 Å². The first-order valence-electron chi connectivity index (χ1n) is 5.89. The van der Waals surface area contributed by atoms with Crippen LogP contribution in [0.2, 0.25) is 0 Å². The normalized spacial score (nSPS) is 12.6. The molecule has 2 nitrogen and oxygen atoms in total. The van der Waals surface area contributed by atoms with Crippen molar-refractivity contribution in [2.75, 3.05) is 6.61 Å². The Bertz CT molecular complexity index is 472. The molecule has 0 spiro atoms. The molecule has 4 heteroatoms. The lowest BCUT2D eigenvalue weighted by Gasteiger charge is -2.15. The van der Waals surface area contributed by atoms with Crippen molar-refractivity contribution in [3.63, 3.8) is 0 Å². The lowest BCUT2D eigenvalue weighted by molar-refractivity contribution is 0.241. The molecule has 1 atom stereocenters. The maximum absolute atomic E-state index is 9.40. The summed E-state index contributed by atoms with van der Waals surface area (Å²) in [6.07, 6.45) is 0.850. The molecule has 0 saturated carbocycles. The van der Waals surface area contributed by atoms with Crippen molar-refractivity contribution in [1.29, 1.82) is 0 Å². The minimum absolute atomic E-state index is 0.103. The molecule has 0 aliphatic carbocycles. The molecule has 0 saturated heterocycles. The van der Waals surface area contributed by atoms with Gasteiger partial charge in [-0.1, -0.05) is 30.3 Å². The van der Waals surface area contributed by atoms with Crippen LogP contribution in [0.15, 0.2) is 45.6 Å². The standard InChI is InChI=1S/C14H16BrNOS/c15-14-7-12(10-18-14)8-16-13(9-17)6-11-4-2-1-3-5-11/h1-5,7,10,13,16-17H,6,8-9H2/t13-/m0/s1. The SMILES string of the molecule is OC[C@H](Cc1ccccc1)NCc1csc(Br)c1. The van der Waals surface area contributed by atoms with Crippen LogP contribution in [0.1, 0.15) is 11.1 Å². The highest BCUT2D eigenvalue weighted by molar-refractivity contribution is 9.11. The Hall–Kier alpha value is -0.680. The van der Waals surface area contributed by atoms with E-state index in [0.717, 1.165) is 16.8 Å². The molecular weight excluding hydrogens is 310 g/mol. The molecule has 2 N–H and O–H groups in total. The Morgan fingerprint density at radius 3 is 2.61 bits per heavy atom. The summed E-state index contributed by atoms with van der Waals surface area (Å²) in [7, 11) is 0. The number of hydrogen-bond donors (Lipinski definition) is 2. The lowest BCUT2D eigenvalue weighted by Crippen LogP contribution is -2.33. The number of rotatable bonds is 6. The molecule has 2 aromatic rings. The summed E-state index contributed by atoms with van der Waals surface area (Å²) in [5.41, 5.74) is 2.49. The Kier molecular flexibility index (Phi) is 5.38. The van der Waals surface area contributed by atoms with Crippen LogP contribution >= 0.6 is 27.3 Å². The molecule has 0 unspecified atom stereocenters. The number of nitrogens with one attached hydrogen (secondary N) is 1. The fraction of sp³-hybridized carbons (Fsp3) is 0.286. The lowest BCUT2D eigenvalue weighted by atomic mass is 10.1. The van der Waals surface area contributed by atoms with Crippen molar-refractivity contribution in [2.45, 2.75) is 19.0 Å². The highest BCUT2D eigenvalue weighted by Gasteiger charge is 2.08. The minimum atomic E-state index is 0.103. The maximum atomic E-state index is 9.40. The number of hydrogen-bond acceptors (Lipinski definition) is 3. The van der Waals surface area contributed by atoms with Crippen molar-refractivity contribution < 1.29 is 5.11 Å². The Morgan fingerprint density at radius 1 is 1.22 bits per heavy atom. The Morgan fingerprint density at radius 2 is 2.00 bits per heavy atom. The van der Waals surface area contributed by atoms with Gasteiger partial charge < -0.3 is 10.4 Å². The molecule has 0 radical (unpaired) electrons. The summed E-state index contributed by atoms with van der Waals surface area (Å²) in [4.78, 5) is 0. The molecular formula is C14H16BrNOS. The van der Waals surface area contributed by atoms with Crippen molar-refractivity contribution in [2.24, 2.45) is 0 Å². The largest absolute Gasteiger partial charge is 0.395 e. The number of aliphatic hydroxyl groups is 1. The van der Waals surface area contributed by atoms with E-state index < -0.39 is 0 Å². The van der Waals surface area contributed by atoms with Crippen LogP contribution < -0.4 is 5.32 Å². The predicted molar refractivity (Wildman–Crippen MR) is 79.9 cm³/mol. The van der Waals surface area contributed by atoms with E-state index in [0.29, 0.717) is 0 Å². The van der Waals surface area contributed by atoms with E-state index in [4.69, 9.17) is 0 Å². The molecule has 0 aliphatic rings. The van der Waals surface area contributed by atoms with Gasteiger partial charge in [0.2, 0.25) is 0 Å². The van der Waals surface area contributed by atoms with Crippen LogP contribution in [0, 0.1) is 0 Å². The molecule has 0 fully saturated rings. The van der Waals surface area contributed by atoms with Gasteiger partial charge >= 0.3 is 0 Å². The van der Waals surface area contributed by atoms with Gasteiger partial charge in [0.25, 0.3) is 0 Å². The van der Waals surface area contributed by atoms with Crippen LogP contribution in [0.3, 0.4) is 0 Å². The van der Waals surface area contributed by atoms with Gasteiger partial charge in [-0.2, -0.15) is 0 Å². The average Bonchev–Trinajstić information content (AvgIpc) is 2.81. The summed E-state index contributed by atoms with van der Waals surface area (Å²) in [5, 5.41) is 14.9. The number of aliphatic hydroxyl groups excluding tert-OH is 1. The first-order chi connectivity index (χ1) is 8.78. The van der Waals surface area contributed by atoms with E-state index in [9.17, 15) is 5.11 Å². The number of benzene rings is 1. The van der Waals surface area contributed by atoms with Gasteiger partial charge in [-0.25, -0.2) is 0 Å². The predicted octanol–water partition coefficient (Wildman–Crippen LogP) is 3.20. The molecule has 1 aromatic heterocycles. The molecule has 18 heavy (non-hydrogen) atoms. The minimum Gasteiger partial charge on any atom is -0.395 e. The molecule has 0 bridgehead atoms. The first kappa shape index (κ1) is 13.7. The summed E-state index contributed by atoms with van der Waals surface area (Å²) in [6.45, 7) is 0.945. The van der Waals surface area contributed by atoms with E-state index in [2.05, 4.69) is 44.8 Å². The first-order valence-corrected chi connectivity index (χ1v) is 7.56. The molecule has 96 valence electrons. The second kappa shape index (κ2) is 7.04. The highest BCUT2D eigenvalue weighted by atomic mass is 79.9. The summed E-state index contributed by atoms with van der Waals surface area (Å²) < 4.78 is 1.14. The van der Waals surface area contributed by atoms with Crippen LogP contribution in [-0.2, 0) is 13.0 Å². The molecule has 0 amide bonds. The smallest absolute Gasteiger partial charge is 0.0701 e. The fourth-order valence-corrected chi connectivity index (χ4v) is 3.01. The Labute approximate surface area is 120 Å². The third-order valence-electron chi connectivity index (χ3n) is 2.76.